The summed E-state index contributed by atoms with van der Waals surface area (Å²) in [6.07, 6.45) is -3.97. The third kappa shape index (κ3) is 2.66. The highest BCUT2D eigenvalue weighted by molar-refractivity contribution is 5.17. The van der Waals surface area contributed by atoms with Gasteiger partial charge >= 0.3 is 0 Å². The molecule has 0 N–H and O–H groups in total. The number of hydrogen-bond donors (Lipinski definition) is 0. The first-order valence-corrected chi connectivity index (χ1v) is 6.28. The fourth-order valence-electron chi connectivity index (χ4n) is 2.91. The van der Waals surface area contributed by atoms with E-state index in [2.05, 4.69) is 0 Å². The molecule has 0 saturated heterocycles. The minimum absolute atomic E-state index is 0.0707. The van der Waals surface area contributed by atoms with Crippen LogP contribution < -0.4 is 0 Å². The lowest BCUT2D eigenvalue weighted by Gasteiger charge is -2.34. The van der Waals surface area contributed by atoms with Crippen molar-refractivity contribution in [1.29, 1.82) is 0 Å². The molecular weight excluding hydrogens is 232 g/mol. The lowest BCUT2D eigenvalue weighted by molar-refractivity contribution is 0.0239. The molecule has 0 radical (unpaired) electrons. The van der Waals surface area contributed by atoms with Crippen molar-refractivity contribution in [3.8, 4) is 0 Å². The number of alkyl halides is 3. The van der Waals surface area contributed by atoms with Gasteiger partial charge in [0.15, 0.2) is 6.17 Å². The van der Waals surface area contributed by atoms with E-state index in [0.29, 0.717) is 24.3 Å². The molecule has 0 bridgehead atoms. The Balaban J connectivity index is 2.10. The molecule has 0 spiro atoms. The molecule has 2 aliphatic carbocycles. The molecule has 0 amide bonds. The predicted octanol–water partition coefficient (Wildman–Crippen LogP) is 4.45. The van der Waals surface area contributed by atoms with E-state index in [1.165, 1.54) is 0 Å². The van der Waals surface area contributed by atoms with Crippen LogP contribution in [0.15, 0.2) is 11.4 Å². The molecule has 0 heterocycles. The second-order valence-corrected chi connectivity index (χ2v) is 5.42. The van der Waals surface area contributed by atoms with Crippen LogP contribution in [0, 0.1) is 11.8 Å². The van der Waals surface area contributed by atoms with E-state index >= 15 is 0 Å². The minimum atomic E-state index is -2.03. The molecule has 0 aliphatic heterocycles. The zero-order chi connectivity index (χ0) is 12.6. The van der Waals surface area contributed by atoms with Crippen molar-refractivity contribution in [3.05, 3.63) is 11.4 Å². The largest absolute Gasteiger partial charge is 0.244 e. The quantitative estimate of drug-likeness (QED) is 0.603. The van der Waals surface area contributed by atoms with Crippen LogP contribution in [0.1, 0.15) is 39.0 Å². The Morgan fingerprint density at radius 1 is 1.06 bits per heavy atom. The maximum Gasteiger partial charge on any atom is 0.162 e. The molecule has 0 nitrogen and oxygen atoms in total. The molecule has 17 heavy (non-hydrogen) atoms. The van der Waals surface area contributed by atoms with Crippen LogP contribution in [0.25, 0.3) is 0 Å². The van der Waals surface area contributed by atoms with E-state index in [4.69, 9.17) is 0 Å². The van der Waals surface area contributed by atoms with Gasteiger partial charge in [-0.2, -0.15) is 0 Å². The van der Waals surface area contributed by atoms with Crippen LogP contribution in [-0.4, -0.2) is 18.5 Å². The molecule has 2 rings (SSSR count). The Morgan fingerprint density at radius 3 is 2.18 bits per heavy atom. The fourth-order valence-corrected chi connectivity index (χ4v) is 2.91. The van der Waals surface area contributed by atoms with E-state index in [1.807, 2.05) is 6.92 Å². The average molecular weight is 250 g/mol. The summed E-state index contributed by atoms with van der Waals surface area (Å²) in [4.78, 5) is 0. The average Bonchev–Trinajstić information content (AvgIpc) is 2.25. The van der Waals surface area contributed by atoms with Gasteiger partial charge in [0.2, 0.25) is 0 Å². The first kappa shape index (κ1) is 12.9. The summed E-state index contributed by atoms with van der Waals surface area (Å²) in [5.74, 6) is -0.372. The molecule has 4 heteroatoms. The summed E-state index contributed by atoms with van der Waals surface area (Å²) in [5.41, 5.74) is 0.542. The van der Waals surface area contributed by atoms with Crippen molar-refractivity contribution < 1.29 is 17.6 Å². The van der Waals surface area contributed by atoms with Gasteiger partial charge in [0.05, 0.1) is 5.83 Å². The van der Waals surface area contributed by atoms with Crippen LogP contribution >= 0.6 is 0 Å². The predicted molar refractivity (Wildman–Crippen MR) is 58.6 cm³/mol. The monoisotopic (exact) mass is 250 g/mol. The van der Waals surface area contributed by atoms with Gasteiger partial charge in [-0.3, -0.25) is 0 Å². The third-order valence-corrected chi connectivity index (χ3v) is 3.99. The smallest absolute Gasteiger partial charge is 0.162 e. The van der Waals surface area contributed by atoms with Crippen molar-refractivity contribution >= 4 is 0 Å². The molecule has 3 atom stereocenters. The Morgan fingerprint density at radius 2 is 1.65 bits per heavy atom. The number of rotatable bonds is 1. The Hall–Kier alpha value is -0.540. The van der Waals surface area contributed by atoms with Crippen molar-refractivity contribution in [2.24, 2.45) is 11.8 Å². The maximum absolute atomic E-state index is 13.8. The second-order valence-electron chi connectivity index (χ2n) is 5.42. The van der Waals surface area contributed by atoms with Crippen LogP contribution in [0.2, 0.25) is 0 Å². The van der Waals surface area contributed by atoms with Gasteiger partial charge in [-0.15, -0.1) is 0 Å². The second kappa shape index (κ2) is 4.99. The highest BCUT2D eigenvalue weighted by atomic mass is 19.2. The van der Waals surface area contributed by atoms with Gasteiger partial charge < -0.3 is 0 Å². The van der Waals surface area contributed by atoms with Gasteiger partial charge in [-0.05, 0) is 43.1 Å². The number of halogens is 4. The summed E-state index contributed by atoms with van der Waals surface area (Å²) < 4.78 is 53.3. The summed E-state index contributed by atoms with van der Waals surface area (Å²) in [7, 11) is 0. The van der Waals surface area contributed by atoms with Gasteiger partial charge in [0, 0.05) is 6.42 Å². The van der Waals surface area contributed by atoms with E-state index in [-0.39, 0.29) is 18.7 Å². The summed E-state index contributed by atoms with van der Waals surface area (Å²) in [6, 6.07) is 0. The first-order valence-electron chi connectivity index (χ1n) is 6.28. The highest BCUT2D eigenvalue weighted by Crippen LogP contribution is 2.42. The highest BCUT2D eigenvalue weighted by Gasteiger charge is 2.41. The fraction of sp³-hybridized carbons (Fsp3) is 0.846. The summed E-state index contributed by atoms with van der Waals surface area (Å²) in [6.45, 7) is 1.96. The topological polar surface area (TPSA) is 0 Å². The van der Waals surface area contributed by atoms with Gasteiger partial charge in [0.1, 0.15) is 12.3 Å². The molecule has 0 aromatic carbocycles. The molecular formula is C13H18F4. The number of allylic oxidation sites excluding steroid dienone is 2. The Labute approximate surface area is 99.1 Å². The van der Waals surface area contributed by atoms with E-state index < -0.39 is 24.4 Å². The van der Waals surface area contributed by atoms with Crippen molar-refractivity contribution in [2.45, 2.75) is 57.5 Å². The molecule has 0 aromatic heterocycles. The molecule has 1 fully saturated rings. The maximum atomic E-state index is 13.8. The zero-order valence-electron chi connectivity index (χ0n) is 9.93. The van der Waals surface area contributed by atoms with Gasteiger partial charge in [-0.1, -0.05) is 6.92 Å². The lowest BCUT2D eigenvalue weighted by atomic mass is 9.75. The van der Waals surface area contributed by atoms with Crippen LogP contribution in [0.4, 0.5) is 17.6 Å². The van der Waals surface area contributed by atoms with E-state index in [9.17, 15) is 17.6 Å². The van der Waals surface area contributed by atoms with E-state index in [0.717, 1.165) is 6.42 Å². The molecule has 1 saturated carbocycles. The molecule has 98 valence electrons. The SMILES string of the molecule is CC1CCC(C2CC(F)C(F)C(F)C2)=C(F)C1. The first-order chi connectivity index (χ1) is 7.99. The molecule has 0 aromatic rings. The standard InChI is InChI=1S/C13H18F4/c1-7-2-3-9(10(14)4-7)8-5-11(15)13(17)12(16)6-8/h7-8,11-13H,2-6H2,1H3. The van der Waals surface area contributed by atoms with Crippen molar-refractivity contribution in [3.63, 3.8) is 0 Å². The molecule has 3 unspecified atom stereocenters. The summed E-state index contributed by atoms with van der Waals surface area (Å²) in [5, 5.41) is 0. The Bertz CT molecular complexity index is 301. The normalized spacial score (nSPS) is 43.9. The number of hydrogen-bond acceptors (Lipinski definition) is 0. The summed E-state index contributed by atoms with van der Waals surface area (Å²) >= 11 is 0. The van der Waals surface area contributed by atoms with Crippen LogP contribution in [-0.2, 0) is 0 Å². The minimum Gasteiger partial charge on any atom is -0.244 e. The third-order valence-electron chi connectivity index (χ3n) is 3.99. The lowest BCUT2D eigenvalue weighted by Crippen LogP contribution is -2.38. The van der Waals surface area contributed by atoms with Crippen molar-refractivity contribution in [1.82, 2.24) is 0 Å². The van der Waals surface area contributed by atoms with E-state index in [1.54, 1.807) is 0 Å². The zero-order valence-corrected chi connectivity index (χ0v) is 9.93. The molecule has 2 aliphatic rings. The van der Waals surface area contributed by atoms with Crippen LogP contribution in [0.3, 0.4) is 0 Å². The van der Waals surface area contributed by atoms with Crippen molar-refractivity contribution in [2.75, 3.05) is 0 Å². The Kier molecular flexibility index (Phi) is 3.79. The van der Waals surface area contributed by atoms with Crippen LogP contribution in [0.5, 0.6) is 0 Å². The van der Waals surface area contributed by atoms with Gasteiger partial charge in [0.25, 0.3) is 0 Å². The van der Waals surface area contributed by atoms with Gasteiger partial charge in [-0.25, -0.2) is 17.6 Å².